The van der Waals surface area contributed by atoms with Crippen LogP contribution in [0.2, 0.25) is 0 Å². The van der Waals surface area contributed by atoms with Crippen molar-refractivity contribution in [1.29, 1.82) is 0 Å². The molecule has 3 rings (SSSR count). The Bertz CT molecular complexity index is 76.6. The Hall–Kier alpha value is -0.0400. The first-order valence-electron chi connectivity index (χ1n) is 4.29. The molecular formula is C9H19N. The first kappa shape index (κ1) is 8.06. The Morgan fingerprint density at radius 2 is 1.20 bits per heavy atom. The lowest BCUT2D eigenvalue weighted by molar-refractivity contribution is 0.304. The summed E-state index contributed by atoms with van der Waals surface area (Å²) >= 11 is 0. The fourth-order valence-corrected chi connectivity index (χ4v) is 1.82. The second kappa shape index (κ2) is 3.38. The average molecular weight is 141 g/mol. The van der Waals surface area contributed by atoms with Crippen LogP contribution in [0.3, 0.4) is 0 Å². The van der Waals surface area contributed by atoms with Crippen molar-refractivity contribution < 1.29 is 0 Å². The summed E-state index contributed by atoms with van der Waals surface area (Å²) in [6, 6.07) is 0. The highest BCUT2D eigenvalue weighted by molar-refractivity contribution is 4.87. The van der Waals surface area contributed by atoms with Gasteiger partial charge in [-0.3, -0.25) is 0 Å². The molecule has 60 valence electrons. The molecule has 1 heteroatoms. The number of rotatable bonds is 0. The molecule has 0 aromatic heterocycles. The van der Waals surface area contributed by atoms with Crippen LogP contribution in [-0.4, -0.2) is 26.0 Å². The first-order valence-corrected chi connectivity index (χ1v) is 4.29. The molecule has 3 aliphatic carbocycles. The van der Waals surface area contributed by atoms with Crippen molar-refractivity contribution in [2.75, 3.05) is 21.1 Å². The van der Waals surface area contributed by atoms with Crippen molar-refractivity contribution >= 4 is 0 Å². The molecule has 2 bridgehead atoms. The Morgan fingerprint density at radius 3 is 1.30 bits per heavy atom. The largest absolute Gasteiger partial charge is 0.312 e. The minimum absolute atomic E-state index is 1.19. The zero-order valence-electron chi connectivity index (χ0n) is 7.43. The van der Waals surface area contributed by atoms with E-state index in [9.17, 15) is 0 Å². The van der Waals surface area contributed by atoms with Gasteiger partial charge in [-0.1, -0.05) is 12.8 Å². The topological polar surface area (TPSA) is 3.24 Å². The quantitative estimate of drug-likeness (QED) is 0.498. The van der Waals surface area contributed by atoms with Crippen LogP contribution in [0.5, 0.6) is 0 Å². The Morgan fingerprint density at radius 1 is 0.900 bits per heavy atom. The number of nitrogens with zero attached hydrogens (tertiary/aromatic N) is 1. The summed E-state index contributed by atoms with van der Waals surface area (Å²) in [5.74, 6) is 2.38. The lowest BCUT2D eigenvalue weighted by atomic mass is 9.85. The fraction of sp³-hybridized carbons (Fsp3) is 1.00. The maximum Gasteiger partial charge on any atom is -0.0140 e. The van der Waals surface area contributed by atoms with Crippen LogP contribution in [-0.2, 0) is 0 Å². The van der Waals surface area contributed by atoms with Crippen LogP contribution >= 0.6 is 0 Å². The highest BCUT2D eigenvalue weighted by atomic mass is 15.0. The third-order valence-corrected chi connectivity index (χ3v) is 2.32. The highest BCUT2D eigenvalue weighted by Gasteiger charge is 2.35. The molecule has 3 saturated carbocycles. The van der Waals surface area contributed by atoms with Crippen molar-refractivity contribution in [3.63, 3.8) is 0 Å². The van der Waals surface area contributed by atoms with Gasteiger partial charge in [0.2, 0.25) is 0 Å². The van der Waals surface area contributed by atoms with Crippen LogP contribution in [0.4, 0.5) is 0 Å². The lowest BCUT2D eigenvalue weighted by Crippen LogP contribution is -2.09. The van der Waals surface area contributed by atoms with Crippen LogP contribution in [0.25, 0.3) is 0 Å². The minimum atomic E-state index is 1.19. The van der Waals surface area contributed by atoms with Crippen LogP contribution < -0.4 is 0 Å². The van der Waals surface area contributed by atoms with E-state index in [-0.39, 0.29) is 0 Å². The van der Waals surface area contributed by atoms with E-state index in [0.29, 0.717) is 0 Å². The third kappa shape index (κ3) is 2.30. The van der Waals surface area contributed by atoms with E-state index >= 15 is 0 Å². The van der Waals surface area contributed by atoms with Crippen molar-refractivity contribution in [2.45, 2.75) is 25.7 Å². The van der Waals surface area contributed by atoms with Crippen LogP contribution in [0.1, 0.15) is 25.7 Å². The molecule has 0 aliphatic heterocycles. The summed E-state index contributed by atoms with van der Waals surface area (Å²) < 4.78 is 0. The molecule has 0 saturated heterocycles. The fourth-order valence-electron chi connectivity index (χ4n) is 1.82. The lowest BCUT2D eigenvalue weighted by Gasteiger charge is -2.21. The van der Waals surface area contributed by atoms with Crippen molar-refractivity contribution in [3.8, 4) is 0 Å². The van der Waals surface area contributed by atoms with Gasteiger partial charge in [0.05, 0.1) is 0 Å². The van der Waals surface area contributed by atoms with E-state index in [1.165, 1.54) is 11.8 Å². The molecule has 0 aromatic carbocycles. The maximum absolute atomic E-state index is 2.00. The summed E-state index contributed by atoms with van der Waals surface area (Å²) in [6.45, 7) is 0. The Labute approximate surface area is 64.4 Å². The molecule has 0 N–H and O–H groups in total. The zero-order valence-corrected chi connectivity index (χ0v) is 7.43. The van der Waals surface area contributed by atoms with E-state index in [2.05, 4.69) is 0 Å². The average Bonchev–Trinajstić information content (AvgIpc) is 2.11. The molecule has 3 fully saturated rings. The number of hydrogen-bond acceptors (Lipinski definition) is 1. The Balaban J connectivity index is 0.000000112. The van der Waals surface area contributed by atoms with Gasteiger partial charge in [0.1, 0.15) is 0 Å². The summed E-state index contributed by atoms with van der Waals surface area (Å²) in [6.07, 6.45) is 6.29. The van der Waals surface area contributed by atoms with E-state index < -0.39 is 0 Å². The molecule has 0 amide bonds. The number of fused-ring (bicyclic) bond motifs is 1. The molecule has 3 aliphatic rings. The smallest absolute Gasteiger partial charge is 0.0140 e. The summed E-state index contributed by atoms with van der Waals surface area (Å²) in [5.41, 5.74) is 0. The van der Waals surface area contributed by atoms with E-state index in [0.717, 1.165) is 0 Å². The molecule has 0 aromatic rings. The van der Waals surface area contributed by atoms with Crippen LogP contribution in [0.15, 0.2) is 0 Å². The van der Waals surface area contributed by atoms with Crippen molar-refractivity contribution in [3.05, 3.63) is 0 Å². The first-order chi connectivity index (χ1) is 4.68. The van der Waals surface area contributed by atoms with Gasteiger partial charge in [0, 0.05) is 0 Å². The van der Waals surface area contributed by atoms with Gasteiger partial charge in [-0.25, -0.2) is 0 Å². The third-order valence-electron chi connectivity index (χ3n) is 2.32. The predicted molar refractivity (Wildman–Crippen MR) is 45.1 cm³/mol. The molecular weight excluding hydrogens is 122 g/mol. The second-order valence-corrected chi connectivity index (χ2v) is 4.12. The van der Waals surface area contributed by atoms with Gasteiger partial charge >= 0.3 is 0 Å². The van der Waals surface area contributed by atoms with Crippen molar-refractivity contribution in [1.82, 2.24) is 4.90 Å². The zero-order chi connectivity index (χ0) is 7.56. The van der Waals surface area contributed by atoms with E-state index in [4.69, 9.17) is 0 Å². The highest BCUT2D eigenvalue weighted by Crippen LogP contribution is 2.47. The molecule has 0 radical (unpaired) electrons. The maximum atomic E-state index is 2.00. The van der Waals surface area contributed by atoms with Gasteiger partial charge in [-0.15, -0.1) is 0 Å². The van der Waals surface area contributed by atoms with Gasteiger partial charge in [0.15, 0.2) is 0 Å². The Kier molecular flexibility index (Phi) is 2.72. The van der Waals surface area contributed by atoms with Gasteiger partial charge in [-0.2, -0.15) is 0 Å². The molecule has 0 unspecified atom stereocenters. The molecule has 10 heavy (non-hydrogen) atoms. The van der Waals surface area contributed by atoms with Gasteiger partial charge in [0.25, 0.3) is 0 Å². The summed E-state index contributed by atoms with van der Waals surface area (Å²) in [5, 5.41) is 0. The molecule has 0 heterocycles. The van der Waals surface area contributed by atoms with Crippen molar-refractivity contribution in [2.24, 2.45) is 11.8 Å². The van der Waals surface area contributed by atoms with Crippen LogP contribution in [0, 0.1) is 11.8 Å². The second-order valence-electron chi connectivity index (χ2n) is 4.12. The van der Waals surface area contributed by atoms with E-state index in [1.54, 1.807) is 25.7 Å². The van der Waals surface area contributed by atoms with E-state index in [1.807, 2.05) is 26.0 Å². The van der Waals surface area contributed by atoms with Gasteiger partial charge in [-0.05, 0) is 45.8 Å². The monoisotopic (exact) mass is 141 g/mol. The molecule has 0 atom stereocenters. The SMILES string of the molecule is C1CC2CC1C2.CN(C)C. The normalized spacial score (nSPS) is 34.8. The summed E-state index contributed by atoms with van der Waals surface area (Å²) in [7, 11) is 6.00. The summed E-state index contributed by atoms with van der Waals surface area (Å²) in [4.78, 5) is 2.00. The van der Waals surface area contributed by atoms with Gasteiger partial charge < -0.3 is 4.90 Å². The minimum Gasteiger partial charge on any atom is -0.312 e. The molecule has 0 spiro atoms. The number of hydrogen-bond donors (Lipinski definition) is 0. The predicted octanol–water partition coefficient (Wildman–Crippen LogP) is 1.98. The molecule has 1 nitrogen and oxygen atoms in total. The standard InChI is InChI=1S/C6H10.C3H9N/c1-2-6-3-5(1)4-6;1-4(2)3/h5-6H,1-4H2;1-3H3.